The van der Waals surface area contributed by atoms with Gasteiger partial charge in [-0.1, -0.05) is 6.08 Å². The van der Waals surface area contributed by atoms with Crippen LogP contribution in [-0.4, -0.2) is 12.1 Å². The molecule has 0 radical (unpaired) electrons. The van der Waals surface area contributed by atoms with Crippen molar-refractivity contribution in [1.82, 2.24) is 5.32 Å². The molecule has 0 saturated heterocycles. The Balaban J connectivity index is 2.76. The first-order valence-electron chi connectivity index (χ1n) is 3.55. The van der Waals surface area contributed by atoms with Crippen LogP contribution in [0.1, 0.15) is 13.8 Å². The highest BCUT2D eigenvalue weighted by atomic mass is 19.1. The molecule has 0 aromatic heterocycles. The molecule has 1 aliphatic rings. The zero-order valence-electron chi connectivity index (χ0n) is 6.63. The van der Waals surface area contributed by atoms with Gasteiger partial charge in [-0.3, -0.25) is 0 Å². The molecule has 0 amide bonds. The summed E-state index contributed by atoms with van der Waals surface area (Å²) in [5.74, 6) is 0.613. The number of halogens is 1. The molecule has 60 valence electrons. The Labute approximate surface area is 65.5 Å². The van der Waals surface area contributed by atoms with E-state index in [9.17, 15) is 4.39 Å². The van der Waals surface area contributed by atoms with Crippen LogP contribution in [0.3, 0.4) is 0 Å². The highest BCUT2D eigenvalue weighted by Crippen LogP contribution is 2.06. The molecule has 0 aromatic rings. The van der Waals surface area contributed by atoms with Gasteiger partial charge in [-0.25, -0.2) is 9.38 Å². The number of hydrogen-bond acceptors (Lipinski definition) is 1. The Kier molecular flexibility index (Phi) is 2.41. The topological polar surface area (TPSA) is 24.4 Å². The average molecular weight is 154 g/mol. The minimum Gasteiger partial charge on any atom is -0.346 e. The van der Waals surface area contributed by atoms with Crippen LogP contribution in [0, 0.1) is 0 Å². The van der Waals surface area contributed by atoms with Crippen molar-refractivity contribution in [2.45, 2.75) is 20.1 Å². The lowest BCUT2D eigenvalue weighted by atomic mass is 10.2. The van der Waals surface area contributed by atoms with Crippen molar-refractivity contribution in [3.8, 4) is 0 Å². The summed E-state index contributed by atoms with van der Waals surface area (Å²) in [6, 6.07) is 0. The Hall–Kier alpha value is -1.12. The van der Waals surface area contributed by atoms with Crippen LogP contribution in [-0.2, 0) is 0 Å². The van der Waals surface area contributed by atoms with Gasteiger partial charge in [-0.15, -0.1) is 0 Å². The Morgan fingerprint density at radius 2 is 2.45 bits per heavy atom. The van der Waals surface area contributed by atoms with E-state index in [2.05, 4.69) is 10.3 Å². The number of nitrogens with zero attached hydrogens (tertiary/aromatic N) is 1. The van der Waals surface area contributed by atoms with Gasteiger partial charge in [-0.2, -0.15) is 0 Å². The van der Waals surface area contributed by atoms with Crippen molar-refractivity contribution in [1.29, 1.82) is 0 Å². The van der Waals surface area contributed by atoms with E-state index in [-0.39, 0.29) is 0 Å². The van der Waals surface area contributed by atoms with Crippen molar-refractivity contribution < 1.29 is 4.39 Å². The summed E-state index contributed by atoms with van der Waals surface area (Å²) in [5, 5.41) is 2.85. The second kappa shape index (κ2) is 3.32. The normalized spacial score (nSPS) is 26.1. The molecule has 1 N–H and O–H groups in total. The fourth-order valence-electron chi connectivity index (χ4n) is 0.895. The van der Waals surface area contributed by atoms with E-state index in [1.54, 1.807) is 6.20 Å². The van der Waals surface area contributed by atoms with Gasteiger partial charge in [0.05, 0.1) is 0 Å². The fourth-order valence-corrected chi connectivity index (χ4v) is 0.895. The van der Waals surface area contributed by atoms with Gasteiger partial charge in [0.15, 0.2) is 6.30 Å². The molecule has 1 rings (SSSR count). The van der Waals surface area contributed by atoms with Crippen LogP contribution in [0.25, 0.3) is 0 Å². The summed E-state index contributed by atoms with van der Waals surface area (Å²) in [6.07, 6.45) is 4.35. The van der Waals surface area contributed by atoms with Gasteiger partial charge >= 0.3 is 0 Å². The number of hydrogen-bond donors (Lipinski definition) is 1. The Morgan fingerprint density at radius 1 is 1.73 bits per heavy atom. The van der Waals surface area contributed by atoms with Gasteiger partial charge in [0.25, 0.3) is 0 Å². The highest BCUT2D eigenvalue weighted by Gasteiger charge is 2.08. The SMILES string of the molecule is C/C=C1/C=CNC1=NC(C)F. The standard InChI is InChI=1S/C8H11FN2/c1-3-7-4-5-10-8(7)11-6(2)9/h3-6H,1-2H3,(H,10,11)/b7-3-. The molecule has 1 heterocycles. The predicted molar refractivity (Wildman–Crippen MR) is 44.0 cm³/mol. The van der Waals surface area contributed by atoms with Gasteiger partial charge in [0.2, 0.25) is 0 Å². The van der Waals surface area contributed by atoms with Crippen molar-refractivity contribution in [2.24, 2.45) is 4.99 Å². The number of allylic oxidation sites excluding steroid dienone is 1. The third-order valence-corrected chi connectivity index (χ3v) is 1.37. The minimum absolute atomic E-state index is 0.613. The maximum Gasteiger partial charge on any atom is 0.189 e. The van der Waals surface area contributed by atoms with E-state index in [4.69, 9.17) is 0 Å². The quantitative estimate of drug-likeness (QED) is 0.572. The largest absolute Gasteiger partial charge is 0.346 e. The molecule has 0 spiro atoms. The minimum atomic E-state index is -1.15. The van der Waals surface area contributed by atoms with Gasteiger partial charge in [0.1, 0.15) is 5.84 Å². The summed E-state index contributed by atoms with van der Waals surface area (Å²) >= 11 is 0. The molecule has 0 fully saturated rings. The van der Waals surface area contributed by atoms with Gasteiger partial charge < -0.3 is 5.32 Å². The van der Waals surface area contributed by atoms with E-state index < -0.39 is 6.30 Å². The molecule has 2 nitrogen and oxygen atoms in total. The second-order valence-corrected chi connectivity index (χ2v) is 2.27. The molecule has 3 heteroatoms. The van der Waals surface area contributed by atoms with Crippen molar-refractivity contribution in [2.75, 3.05) is 0 Å². The summed E-state index contributed by atoms with van der Waals surface area (Å²) in [4.78, 5) is 3.74. The van der Waals surface area contributed by atoms with E-state index in [1.807, 2.05) is 19.1 Å². The van der Waals surface area contributed by atoms with Gasteiger partial charge in [0, 0.05) is 11.8 Å². The summed E-state index contributed by atoms with van der Waals surface area (Å²) in [6.45, 7) is 3.30. The maximum absolute atomic E-state index is 12.4. The maximum atomic E-state index is 12.4. The molecular formula is C8H11FN2. The van der Waals surface area contributed by atoms with Crippen LogP contribution in [0.15, 0.2) is 28.9 Å². The van der Waals surface area contributed by atoms with Gasteiger partial charge in [-0.05, 0) is 19.9 Å². The summed E-state index contributed by atoms with van der Waals surface area (Å²) in [5.41, 5.74) is 0.939. The van der Waals surface area contributed by atoms with Crippen LogP contribution in [0.2, 0.25) is 0 Å². The number of nitrogens with one attached hydrogen (secondary N) is 1. The molecule has 11 heavy (non-hydrogen) atoms. The molecular weight excluding hydrogens is 143 g/mol. The molecule has 0 aromatic carbocycles. The number of amidine groups is 1. The number of alkyl halides is 1. The summed E-state index contributed by atoms with van der Waals surface area (Å²) in [7, 11) is 0. The monoisotopic (exact) mass is 154 g/mol. The van der Waals surface area contributed by atoms with E-state index >= 15 is 0 Å². The Morgan fingerprint density at radius 3 is 3.00 bits per heavy atom. The third kappa shape index (κ3) is 1.90. The van der Waals surface area contributed by atoms with E-state index in [0.717, 1.165) is 5.57 Å². The van der Waals surface area contributed by atoms with Crippen molar-refractivity contribution in [3.63, 3.8) is 0 Å². The number of rotatable bonds is 1. The van der Waals surface area contributed by atoms with Crippen LogP contribution in [0.4, 0.5) is 4.39 Å². The zero-order chi connectivity index (χ0) is 8.27. The first kappa shape index (κ1) is 7.98. The molecule has 0 saturated carbocycles. The smallest absolute Gasteiger partial charge is 0.189 e. The summed E-state index contributed by atoms with van der Waals surface area (Å²) < 4.78 is 12.4. The van der Waals surface area contributed by atoms with Crippen molar-refractivity contribution >= 4 is 5.84 Å². The zero-order valence-corrected chi connectivity index (χ0v) is 6.63. The molecule has 0 aliphatic carbocycles. The number of aliphatic imine (C=N–C) groups is 1. The second-order valence-electron chi connectivity index (χ2n) is 2.27. The first-order valence-corrected chi connectivity index (χ1v) is 3.55. The van der Waals surface area contributed by atoms with E-state index in [0.29, 0.717) is 5.84 Å². The molecule has 1 unspecified atom stereocenters. The third-order valence-electron chi connectivity index (χ3n) is 1.37. The van der Waals surface area contributed by atoms with Crippen LogP contribution in [0.5, 0.6) is 0 Å². The van der Waals surface area contributed by atoms with Crippen LogP contribution >= 0.6 is 0 Å². The predicted octanol–water partition coefficient (Wildman–Crippen LogP) is 1.76. The lowest BCUT2D eigenvalue weighted by molar-refractivity contribution is 0.376. The lowest BCUT2D eigenvalue weighted by Gasteiger charge is -2.00. The Bertz CT molecular complexity index is 226. The first-order chi connectivity index (χ1) is 5.24. The fraction of sp³-hybridized carbons (Fsp3) is 0.375. The molecule has 1 atom stereocenters. The average Bonchev–Trinajstić information content (AvgIpc) is 2.34. The highest BCUT2D eigenvalue weighted by molar-refractivity contribution is 6.03. The lowest BCUT2D eigenvalue weighted by Crippen LogP contribution is -2.14. The van der Waals surface area contributed by atoms with E-state index in [1.165, 1.54) is 6.92 Å². The molecule has 1 aliphatic heterocycles. The van der Waals surface area contributed by atoms with Crippen LogP contribution < -0.4 is 5.32 Å². The van der Waals surface area contributed by atoms with Crippen molar-refractivity contribution in [3.05, 3.63) is 23.9 Å². The molecule has 0 bridgehead atoms.